The molecule has 0 N–H and O–H groups in total. The van der Waals surface area contributed by atoms with Crippen molar-refractivity contribution in [3.8, 4) is 16.9 Å². The second kappa shape index (κ2) is 8.94. The normalized spacial score (nSPS) is 19.5. The first-order valence-corrected chi connectivity index (χ1v) is 10.8. The smallest absolute Gasteiger partial charge is 0.460 e. The predicted molar refractivity (Wildman–Crippen MR) is 115 cm³/mol. The molecule has 1 fully saturated rings. The molecule has 0 radical (unpaired) electrons. The van der Waals surface area contributed by atoms with Crippen molar-refractivity contribution >= 4 is 37.8 Å². The summed E-state index contributed by atoms with van der Waals surface area (Å²) in [7, 11) is 0. The van der Waals surface area contributed by atoms with Gasteiger partial charge in [0.15, 0.2) is 0 Å². The first kappa shape index (κ1) is 23.8. The van der Waals surface area contributed by atoms with Crippen molar-refractivity contribution in [2.75, 3.05) is 0 Å². The molecule has 0 amide bonds. The molecule has 1 aliphatic rings. The van der Waals surface area contributed by atoms with Crippen molar-refractivity contribution in [2.45, 2.75) is 26.8 Å². The number of alkyl halides is 3. The van der Waals surface area contributed by atoms with Gasteiger partial charge >= 0.3 is 12.3 Å². The van der Waals surface area contributed by atoms with E-state index in [-0.39, 0.29) is 35.0 Å². The highest BCUT2D eigenvalue weighted by atomic mass is 79.9. The lowest BCUT2D eigenvalue weighted by Crippen LogP contribution is -2.16. The summed E-state index contributed by atoms with van der Waals surface area (Å²) in [5.74, 6) is -1.74. The monoisotopic (exact) mass is 564 g/mol. The maximum atomic E-state index is 15.0. The lowest BCUT2D eigenvalue weighted by molar-refractivity contribution is -0.274. The summed E-state index contributed by atoms with van der Waals surface area (Å²) in [6.07, 6.45) is -2.91. The average molecular weight is 566 g/mol. The van der Waals surface area contributed by atoms with E-state index in [9.17, 15) is 22.4 Å². The molecule has 31 heavy (non-hydrogen) atoms. The maximum absolute atomic E-state index is 15.0. The molecule has 3 rings (SSSR count). The fourth-order valence-electron chi connectivity index (χ4n) is 3.56. The third-order valence-corrected chi connectivity index (χ3v) is 5.85. The second-order valence-electron chi connectivity index (χ2n) is 7.74. The van der Waals surface area contributed by atoms with Gasteiger partial charge in [-0.1, -0.05) is 50.3 Å². The second-order valence-corrected chi connectivity index (χ2v) is 10.5. The summed E-state index contributed by atoms with van der Waals surface area (Å²) >= 11 is 6.58. The third-order valence-electron chi connectivity index (χ3n) is 5.32. The molecule has 3 nitrogen and oxygen atoms in total. The molecule has 9 heteroatoms. The summed E-state index contributed by atoms with van der Waals surface area (Å²) in [5, 5.41) is 0. The van der Waals surface area contributed by atoms with Gasteiger partial charge in [-0.2, -0.15) is 0 Å². The zero-order valence-corrected chi connectivity index (χ0v) is 19.6. The minimum Gasteiger partial charge on any atom is -0.460 e. The van der Waals surface area contributed by atoms with Gasteiger partial charge in [0, 0.05) is 11.1 Å². The summed E-state index contributed by atoms with van der Waals surface area (Å²) in [6.45, 7) is 3.67. The lowest BCUT2D eigenvalue weighted by atomic mass is 10.0. The van der Waals surface area contributed by atoms with E-state index in [1.165, 1.54) is 24.3 Å². The van der Waals surface area contributed by atoms with Crippen molar-refractivity contribution < 1.29 is 31.8 Å². The zero-order chi connectivity index (χ0) is 23.0. The summed E-state index contributed by atoms with van der Waals surface area (Å²) in [4.78, 5) is 12.5. The number of carbonyl (C=O) groups excluding carboxylic acids is 1. The van der Waals surface area contributed by atoms with Gasteiger partial charge in [0.25, 0.3) is 0 Å². The van der Waals surface area contributed by atoms with Crippen LogP contribution in [0.2, 0.25) is 0 Å². The van der Waals surface area contributed by atoms with Crippen molar-refractivity contribution in [2.24, 2.45) is 17.3 Å². The van der Waals surface area contributed by atoms with Crippen molar-refractivity contribution in [1.82, 2.24) is 0 Å². The Bertz CT molecular complexity index is 997. The van der Waals surface area contributed by atoms with E-state index in [0.29, 0.717) is 5.56 Å². The van der Waals surface area contributed by atoms with E-state index in [1.807, 2.05) is 19.9 Å². The van der Waals surface area contributed by atoms with Gasteiger partial charge < -0.3 is 9.47 Å². The van der Waals surface area contributed by atoms with Crippen LogP contribution in [-0.2, 0) is 16.1 Å². The minimum absolute atomic E-state index is 0.00219. The van der Waals surface area contributed by atoms with E-state index in [4.69, 9.17) is 4.74 Å². The summed E-state index contributed by atoms with van der Waals surface area (Å²) in [5.41, 5.74) is 0.470. The molecule has 1 aliphatic carbocycles. The Morgan fingerprint density at radius 3 is 2.35 bits per heavy atom. The first-order valence-electron chi connectivity index (χ1n) is 9.23. The fourth-order valence-corrected chi connectivity index (χ4v) is 4.13. The summed E-state index contributed by atoms with van der Waals surface area (Å²) in [6, 6.07) is 9.47. The molecule has 2 atom stereocenters. The zero-order valence-electron chi connectivity index (χ0n) is 16.5. The molecule has 2 aromatic rings. The minimum atomic E-state index is -4.80. The van der Waals surface area contributed by atoms with Crippen LogP contribution in [-0.4, -0.2) is 12.3 Å². The van der Waals surface area contributed by atoms with Crippen molar-refractivity contribution in [3.63, 3.8) is 0 Å². The van der Waals surface area contributed by atoms with Crippen LogP contribution < -0.4 is 4.74 Å². The molecular weight excluding hydrogens is 548 g/mol. The largest absolute Gasteiger partial charge is 0.573 e. The van der Waals surface area contributed by atoms with Crippen LogP contribution in [0.5, 0.6) is 5.75 Å². The number of hydrogen-bond acceptors (Lipinski definition) is 3. The van der Waals surface area contributed by atoms with E-state index in [1.54, 1.807) is 6.07 Å². The average Bonchev–Trinajstić information content (AvgIpc) is 3.19. The van der Waals surface area contributed by atoms with Gasteiger partial charge in [-0.05, 0) is 60.9 Å². The SMILES string of the molecule is CC1(C)C(C=C(Br)Br)C1C(=O)OCc1cccc(-c2ccc(OC(F)(F)F)cc2)c1F. The van der Waals surface area contributed by atoms with Crippen LogP contribution in [0.1, 0.15) is 19.4 Å². The molecule has 0 aromatic heterocycles. The Balaban J connectivity index is 1.70. The summed E-state index contributed by atoms with van der Waals surface area (Å²) < 4.78 is 61.8. The van der Waals surface area contributed by atoms with E-state index >= 15 is 0 Å². The van der Waals surface area contributed by atoms with Gasteiger partial charge in [-0.25, -0.2) is 4.39 Å². The fraction of sp³-hybridized carbons (Fsp3) is 0.318. The Morgan fingerprint density at radius 2 is 1.77 bits per heavy atom. The molecular formula is C22H18Br2F4O3. The molecule has 0 bridgehead atoms. The van der Waals surface area contributed by atoms with Gasteiger partial charge in [0.2, 0.25) is 0 Å². The highest BCUT2D eigenvalue weighted by Gasteiger charge is 2.61. The lowest BCUT2D eigenvalue weighted by Gasteiger charge is -2.12. The van der Waals surface area contributed by atoms with Gasteiger partial charge in [-0.3, -0.25) is 4.79 Å². The molecule has 0 spiro atoms. The predicted octanol–water partition coefficient (Wildman–Crippen LogP) is 7.34. The number of ether oxygens (including phenoxy) is 2. The van der Waals surface area contributed by atoms with E-state index in [2.05, 4.69) is 36.6 Å². The molecule has 2 unspecified atom stereocenters. The number of hydrogen-bond donors (Lipinski definition) is 0. The molecule has 0 heterocycles. The number of benzene rings is 2. The Kier molecular flexibility index (Phi) is 6.86. The van der Waals surface area contributed by atoms with Gasteiger partial charge in [0.1, 0.15) is 18.2 Å². The van der Waals surface area contributed by atoms with Gasteiger partial charge in [-0.15, -0.1) is 13.2 Å². The van der Waals surface area contributed by atoms with Crippen LogP contribution >= 0.6 is 31.9 Å². The van der Waals surface area contributed by atoms with Crippen LogP contribution in [0.25, 0.3) is 11.1 Å². The Labute approximate surface area is 193 Å². The highest BCUT2D eigenvalue weighted by molar-refractivity contribution is 9.28. The molecule has 1 saturated carbocycles. The number of esters is 1. The number of carbonyl (C=O) groups is 1. The van der Waals surface area contributed by atoms with Crippen LogP contribution in [0.15, 0.2) is 51.9 Å². The van der Waals surface area contributed by atoms with Crippen LogP contribution in [0.4, 0.5) is 17.6 Å². The Morgan fingerprint density at radius 1 is 1.13 bits per heavy atom. The van der Waals surface area contributed by atoms with Crippen LogP contribution in [0.3, 0.4) is 0 Å². The molecule has 166 valence electrons. The third kappa shape index (κ3) is 5.68. The molecule has 2 aromatic carbocycles. The maximum Gasteiger partial charge on any atom is 0.573 e. The Hall–Kier alpha value is -1.87. The van der Waals surface area contributed by atoms with Crippen molar-refractivity contribution in [1.29, 1.82) is 0 Å². The van der Waals surface area contributed by atoms with Crippen molar-refractivity contribution in [3.05, 3.63) is 63.3 Å². The topological polar surface area (TPSA) is 35.5 Å². The molecule has 0 saturated heterocycles. The first-order chi connectivity index (χ1) is 14.4. The van der Waals surface area contributed by atoms with Crippen LogP contribution in [0, 0.1) is 23.1 Å². The number of rotatable bonds is 6. The molecule has 0 aliphatic heterocycles. The standard InChI is InChI=1S/C22H18Br2F4O3/c1-21(2)16(10-17(23)24)18(21)20(29)30-11-13-4-3-5-15(19(13)25)12-6-8-14(9-7-12)31-22(26,27)28/h3-10,16,18H,11H2,1-2H3. The number of allylic oxidation sites excluding steroid dienone is 1. The quantitative estimate of drug-likeness (QED) is 0.271. The van der Waals surface area contributed by atoms with E-state index < -0.39 is 23.9 Å². The van der Waals surface area contributed by atoms with E-state index in [0.717, 1.165) is 15.5 Å². The number of halogens is 6. The van der Waals surface area contributed by atoms with Gasteiger partial charge in [0.05, 0.1) is 9.31 Å². The highest BCUT2D eigenvalue weighted by Crippen LogP contribution is 2.60.